The Morgan fingerprint density at radius 2 is 0.742 bits per heavy atom. The van der Waals surface area contributed by atoms with E-state index in [0.717, 1.165) is 5.92 Å². The van der Waals surface area contributed by atoms with Crippen LogP contribution in [0.15, 0.2) is 36.5 Å². The Bertz CT molecular complexity index is 338. The highest BCUT2D eigenvalue weighted by Gasteiger charge is 2.07. The van der Waals surface area contributed by atoms with Gasteiger partial charge in [-0.25, -0.2) is 0 Å². The summed E-state index contributed by atoms with van der Waals surface area (Å²) in [6.45, 7) is 6.85. The SMILES string of the molecule is CCCCC/C=C\CC[CH]C(CCC/C=C\CCCCC)CCC/C=C/CCCCC. The largest absolute Gasteiger partial charge is 0.0885 e. The molecule has 1 radical (unpaired) electrons. The van der Waals surface area contributed by atoms with Crippen molar-refractivity contribution < 1.29 is 0 Å². The van der Waals surface area contributed by atoms with Crippen molar-refractivity contribution in [3.8, 4) is 0 Å². The maximum absolute atomic E-state index is 2.65. The van der Waals surface area contributed by atoms with Crippen molar-refractivity contribution >= 4 is 0 Å². The first-order valence-electron chi connectivity index (χ1n) is 14.1. The molecule has 0 aromatic rings. The molecule has 0 aliphatic rings. The van der Waals surface area contributed by atoms with E-state index in [4.69, 9.17) is 0 Å². The van der Waals surface area contributed by atoms with Crippen LogP contribution in [0.5, 0.6) is 0 Å². The molecular formula is C31H57. The van der Waals surface area contributed by atoms with E-state index in [2.05, 4.69) is 63.6 Å². The standard InChI is InChI=1S/C31H57/c1-4-7-10-13-16-19-22-25-28-31(29-26-23-20-17-14-11-8-5-2)30-27-24-21-18-15-12-9-6-3/h16-21,28,31H,4-15,22-27,29-30H2,1-3H3/b19-16-,20-17-,21-18+. The molecule has 0 spiro atoms. The van der Waals surface area contributed by atoms with Gasteiger partial charge in [0.15, 0.2) is 0 Å². The molecule has 0 fully saturated rings. The van der Waals surface area contributed by atoms with Crippen molar-refractivity contribution in [2.75, 3.05) is 0 Å². The molecule has 0 saturated heterocycles. The van der Waals surface area contributed by atoms with E-state index in [-0.39, 0.29) is 0 Å². The number of hydrogen-bond donors (Lipinski definition) is 0. The van der Waals surface area contributed by atoms with E-state index >= 15 is 0 Å². The molecule has 0 bridgehead atoms. The van der Waals surface area contributed by atoms with Crippen molar-refractivity contribution in [2.45, 2.75) is 149 Å². The van der Waals surface area contributed by atoms with Crippen molar-refractivity contribution in [3.05, 3.63) is 42.9 Å². The molecule has 1 unspecified atom stereocenters. The van der Waals surface area contributed by atoms with Gasteiger partial charge in [0.05, 0.1) is 0 Å². The molecule has 31 heavy (non-hydrogen) atoms. The third kappa shape index (κ3) is 25.4. The third-order valence-electron chi connectivity index (χ3n) is 6.15. The fourth-order valence-electron chi connectivity index (χ4n) is 4.05. The fourth-order valence-corrected chi connectivity index (χ4v) is 4.05. The molecule has 1 atom stereocenters. The second-order valence-electron chi connectivity index (χ2n) is 9.34. The van der Waals surface area contributed by atoms with E-state index in [9.17, 15) is 0 Å². The molecule has 0 heteroatoms. The van der Waals surface area contributed by atoms with Gasteiger partial charge in [-0.2, -0.15) is 0 Å². The van der Waals surface area contributed by atoms with Crippen molar-refractivity contribution in [1.82, 2.24) is 0 Å². The Labute approximate surface area is 198 Å². The molecular weight excluding hydrogens is 372 g/mol. The Morgan fingerprint density at radius 3 is 1.13 bits per heavy atom. The average molecular weight is 430 g/mol. The minimum atomic E-state index is 0.815. The van der Waals surface area contributed by atoms with Gasteiger partial charge in [0.1, 0.15) is 0 Å². The van der Waals surface area contributed by atoms with Crippen LogP contribution in [-0.4, -0.2) is 0 Å². The molecule has 0 N–H and O–H groups in total. The molecule has 0 rings (SSSR count). The highest BCUT2D eigenvalue weighted by Crippen LogP contribution is 2.22. The van der Waals surface area contributed by atoms with Crippen molar-refractivity contribution in [1.29, 1.82) is 0 Å². The monoisotopic (exact) mass is 429 g/mol. The molecule has 0 aromatic heterocycles. The lowest BCUT2D eigenvalue weighted by atomic mass is 9.90. The molecule has 0 aromatic carbocycles. The number of unbranched alkanes of at least 4 members (excludes halogenated alkanes) is 12. The summed E-state index contributed by atoms with van der Waals surface area (Å²) in [5, 5.41) is 0. The summed E-state index contributed by atoms with van der Waals surface area (Å²) in [4.78, 5) is 0. The zero-order valence-corrected chi connectivity index (χ0v) is 21.8. The van der Waals surface area contributed by atoms with Crippen LogP contribution in [0.2, 0.25) is 0 Å². The predicted molar refractivity (Wildman–Crippen MR) is 145 cm³/mol. The first-order valence-corrected chi connectivity index (χ1v) is 14.1. The van der Waals surface area contributed by atoms with Crippen molar-refractivity contribution in [3.63, 3.8) is 0 Å². The van der Waals surface area contributed by atoms with Gasteiger partial charge in [-0.05, 0) is 102 Å². The molecule has 0 aliphatic heterocycles. The number of hydrogen-bond acceptors (Lipinski definition) is 0. The summed E-state index contributed by atoms with van der Waals surface area (Å²) in [6, 6.07) is 0. The van der Waals surface area contributed by atoms with Crippen LogP contribution >= 0.6 is 0 Å². The third-order valence-corrected chi connectivity index (χ3v) is 6.15. The van der Waals surface area contributed by atoms with Gasteiger partial charge in [-0.3, -0.25) is 0 Å². The lowest BCUT2D eigenvalue weighted by Crippen LogP contribution is -2.01. The normalized spacial score (nSPS) is 12.4. The van der Waals surface area contributed by atoms with Crippen LogP contribution in [0, 0.1) is 12.3 Å². The van der Waals surface area contributed by atoms with Crippen LogP contribution in [0.25, 0.3) is 0 Å². The van der Waals surface area contributed by atoms with Crippen LogP contribution in [0.1, 0.15) is 149 Å². The Kier molecular flexibility index (Phi) is 26.6. The summed E-state index contributed by atoms with van der Waals surface area (Å²) in [5.74, 6) is 0.815. The molecule has 0 amide bonds. The lowest BCUT2D eigenvalue weighted by molar-refractivity contribution is 0.467. The minimum absolute atomic E-state index is 0.815. The van der Waals surface area contributed by atoms with Gasteiger partial charge >= 0.3 is 0 Å². The van der Waals surface area contributed by atoms with Gasteiger partial charge in [0.2, 0.25) is 0 Å². The zero-order valence-electron chi connectivity index (χ0n) is 21.8. The smallest absolute Gasteiger partial charge is 0.0348 e. The van der Waals surface area contributed by atoms with E-state index in [1.54, 1.807) is 0 Å². The van der Waals surface area contributed by atoms with E-state index in [0.29, 0.717) is 0 Å². The lowest BCUT2D eigenvalue weighted by Gasteiger charge is -2.15. The molecule has 0 aliphatic carbocycles. The Balaban J connectivity index is 4.05. The summed E-state index contributed by atoms with van der Waals surface area (Å²) >= 11 is 0. The summed E-state index contributed by atoms with van der Waals surface area (Å²) < 4.78 is 0. The minimum Gasteiger partial charge on any atom is -0.0885 e. The fraction of sp³-hybridized carbons (Fsp3) is 0.774. The zero-order chi connectivity index (χ0) is 22.7. The molecule has 0 saturated carbocycles. The van der Waals surface area contributed by atoms with E-state index < -0.39 is 0 Å². The number of allylic oxidation sites excluding steroid dienone is 6. The summed E-state index contributed by atoms with van der Waals surface area (Å²) in [5.41, 5.74) is 0. The van der Waals surface area contributed by atoms with E-state index in [1.165, 1.54) is 128 Å². The Morgan fingerprint density at radius 1 is 0.387 bits per heavy atom. The number of rotatable bonds is 24. The first-order chi connectivity index (χ1) is 15.3. The van der Waals surface area contributed by atoms with Gasteiger partial charge < -0.3 is 0 Å². The van der Waals surface area contributed by atoms with Gasteiger partial charge in [0, 0.05) is 0 Å². The van der Waals surface area contributed by atoms with Crippen LogP contribution < -0.4 is 0 Å². The van der Waals surface area contributed by atoms with Gasteiger partial charge in [0.25, 0.3) is 0 Å². The Hall–Kier alpha value is -0.780. The molecule has 181 valence electrons. The maximum Gasteiger partial charge on any atom is -0.0348 e. The van der Waals surface area contributed by atoms with E-state index in [1.807, 2.05) is 0 Å². The quantitative estimate of drug-likeness (QED) is 0.106. The summed E-state index contributed by atoms with van der Waals surface area (Å²) in [6.07, 6.45) is 43.7. The second kappa shape index (κ2) is 27.3. The highest BCUT2D eigenvalue weighted by molar-refractivity contribution is 4.88. The topological polar surface area (TPSA) is 0 Å². The van der Waals surface area contributed by atoms with Gasteiger partial charge in [-0.15, -0.1) is 0 Å². The summed E-state index contributed by atoms with van der Waals surface area (Å²) in [7, 11) is 0. The van der Waals surface area contributed by atoms with Crippen LogP contribution in [-0.2, 0) is 0 Å². The maximum atomic E-state index is 2.65. The average Bonchev–Trinajstić information content (AvgIpc) is 2.78. The van der Waals surface area contributed by atoms with Gasteiger partial charge in [-0.1, -0.05) is 95.8 Å². The first kappa shape index (κ1) is 30.2. The van der Waals surface area contributed by atoms with Crippen LogP contribution in [0.4, 0.5) is 0 Å². The van der Waals surface area contributed by atoms with Crippen molar-refractivity contribution in [2.24, 2.45) is 5.92 Å². The molecule has 0 nitrogen and oxygen atoms in total. The predicted octanol–water partition coefficient (Wildman–Crippen LogP) is 11.3. The van der Waals surface area contributed by atoms with Crippen LogP contribution in [0.3, 0.4) is 0 Å². The molecule has 0 heterocycles. The second-order valence-corrected chi connectivity index (χ2v) is 9.34. The highest BCUT2D eigenvalue weighted by atomic mass is 14.1.